The van der Waals surface area contributed by atoms with Crippen molar-refractivity contribution in [1.29, 1.82) is 0 Å². The molecule has 0 N–H and O–H groups in total. The van der Waals surface area contributed by atoms with Crippen molar-refractivity contribution >= 4 is 27.5 Å². The topological polar surface area (TPSA) is 20.3 Å². The number of anilines is 1. The molecule has 1 heterocycles. The van der Waals surface area contributed by atoms with Gasteiger partial charge in [-0.1, -0.05) is 48.3 Å². The summed E-state index contributed by atoms with van der Waals surface area (Å²) in [7, 11) is 1.87. The van der Waals surface area contributed by atoms with Crippen LogP contribution in [0.2, 0.25) is 0 Å². The van der Waals surface area contributed by atoms with Crippen LogP contribution in [0, 0.1) is 5.92 Å². The van der Waals surface area contributed by atoms with Gasteiger partial charge in [-0.3, -0.25) is 4.79 Å². The molecule has 0 saturated heterocycles. The van der Waals surface area contributed by atoms with Crippen molar-refractivity contribution < 1.29 is 4.79 Å². The van der Waals surface area contributed by atoms with Gasteiger partial charge in [0.1, 0.15) is 0 Å². The lowest BCUT2D eigenvalue weighted by Crippen LogP contribution is -2.31. The lowest BCUT2D eigenvalue weighted by Gasteiger charge is -2.27. The molecule has 1 aromatic carbocycles. The van der Waals surface area contributed by atoms with Crippen LogP contribution in [-0.2, 0) is 11.2 Å². The van der Waals surface area contributed by atoms with Gasteiger partial charge in [0.05, 0.1) is 0 Å². The summed E-state index contributed by atoms with van der Waals surface area (Å²) >= 11 is 3.80. The van der Waals surface area contributed by atoms with Crippen molar-refractivity contribution in [2.24, 2.45) is 5.92 Å². The van der Waals surface area contributed by atoms with Crippen LogP contribution in [0.5, 0.6) is 0 Å². The molecule has 19 heavy (non-hydrogen) atoms. The van der Waals surface area contributed by atoms with Gasteiger partial charge in [0, 0.05) is 24.0 Å². The Balaban J connectivity index is 2.19. The summed E-state index contributed by atoms with van der Waals surface area (Å²) in [4.78, 5) is 13.9. The number of carbonyl (C=O) groups excluding carboxylic acids is 1. The maximum atomic E-state index is 11.7. The van der Waals surface area contributed by atoms with Crippen molar-refractivity contribution in [1.82, 2.24) is 0 Å². The predicted octanol–water partition coefficient (Wildman–Crippen LogP) is 4.47. The molecular weight excluding hydrogens is 302 g/mol. The van der Waals surface area contributed by atoms with Crippen molar-refractivity contribution in [3.05, 3.63) is 29.3 Å². The first-order valence-corrected chi connectivity index (χ1v) is 7.98. The molecule has 2 nitrogen and oxygen atoms in total. The fourth-order valence-corrected chi connectivity index (χ4v) is 3.45. The van der Waals surface area contributed by atoms with E-state index in [0.717, 1.165) is 24.4 Å². The quantitative estimate of drug-likeness (QED) is 0.749. The molecule has 104 valence electrons. The molecule has 2 atom stereocenters. The normalized spacial score (nSPS) is 18.1. The zero-order valence-corrected chi connectivity index (χ0v) is 13.5. The van der Waals surface area contributed by atoms with E-state index >= 15 is 0 Å². The van der Waals surface area contributed by atoms with Gasteiger partial charge in [0.15, 0.2) is 0 Å². The highest BCUT2D eigenvalue weighted by Crippen LogP contribution is 2.35. The Hall–Kier alpha value is -0.830. The standard InChI is InChI=1S/C16H22BrNO/c1-4-11(2)9-14(17)12-5-7-15-13(10-12)6-8-16(19)18(15)3/h5,7,10-11,14H,4,6,8-9H2,1-3H3. The summed E-state index contributed by atoms with van der Waals surface area (Å²) in [5, 5.41) is 0. The highest BCUT2D eigenvalue weighted by Gasteiger charge is 2.22. The van der Waals surface area contributed by atoms with E-state index < -0.39 is 0 Å². The number of carbonyl (C=O) groups is 1. The van der Waals surface area contributed by atoms with Gasteiger partial charge in [0.25, 0.3) is 0 Å². The second kappa shape index (κ2) is 6.08. The molecule has 1 aromatic rings. The zero-order chi connectivity index (χ0) is 14.0. The van der Waals surface area contributed by atoms with Crippen LogP contribution in [0.15, 0.2) is 18.2 Å². The van der Waals surface area contributed by atoms with Gasteiger partial charge in [-0.05, 0) is 36.0 Å². The third kappa shape index (κ3) is 3.19. The van der Waals surface area contributed by atoms with Gasteiger partial charge in [-0.2, -0.15) is 0 Å². The average molecular weight is 324 g/mol. The Bertz CT molecular complexity index is 472. The number of alkyl halides is 1. The number of amides is 1. The largest absolute Gasteiger partial charge is 0.315 e. The molecule has 0 saturated carbocycles. The fraction of sp³-hybridized carbons (Fsp3) is 0.562. The molecule has 3 heteroatoms. The smallest absolute Gasteiger partial charge is 0.227 e. The van der Waals surface area contributed by atoms with E-state index in [4.69, 9.17) is 0 Å². The second-order valence-electron chi connectivity index (χ2n) is 5.56. The fourth-order valence-electron chi connectivity index (χ4n) is 2.53. The maximum absolute atomic E-state index is 11.7. The number of benzene rings is 1. The summed E-state index contributed by atoms with van der Waals surface area (Å²) in [5.41, 5.74) is 3.71. The first kappa shape index (κ1) is 14.6. The molecule has 0 spiro atoms. The monoisotopic (exact) mass is 323 g/mol. The Labute approximate surface area is 124 Å². The van der Waals surface area contributed by atoms with E-state index in [1.807, 2.05) is 7.05 Å². The Kier molecular flexibility index (Phi) is 4.67. The summed E-state index contributed by atoms with van der Waals surface area (Å²) in [6.07, 6.45) is 3.87. The van der Waals surface area contributed by atoms with Gasteiger partial charge in [-0.15, -0.1) is 0 Å². The van der Waals surface area contributed by atoms with E-state index in [2.05, 4.69) is 48.0 Å². The predicted molar refractivity (Wildman–Crippen MR) is 83.9 cm³/mol. The molecule has 1 aliphatic rings. The third-order valence-corrected chi connectivity index (χ3v) is 5.02. The summed E-state index contributed by atoms with van der Waals surface area (Å²) in [6, 6.07) is 6.50. The number of nitrogens with zero attached hydrogens (tertiary/aromatic N) is 1. The summed E-state index contributed by atoms with van der Waals surface area (Å²) < 4.78 is 0. The van der Waals surface area contributed by atoms with E-state index in [1.165, 1.54) is 17.5 Å². The van der Waals surface area contributed by atoms with Gasteiger partial charge >= 0.3 is 0 Å². The lowest BCUT2D eigenvalue weighted by atomic mass is 9.94. The summed E-state index contributed by atoms with van der Waals surface area (Å²) in [5.74, 6) is 0.944. The molecule has 2 unspecified atom stereocenters. The van der Waals surface area contributed by atoms with E-state index in [-0.39, 0.29) is 5.91 Å². The second-order valence-corrected chi connectivity index (χ2v) is 6.66. The maximum Gasteiger partial charge on any atom is 0.227 e. The van der Waals surface area contributed by atoms with Gasteiger partial charge < -0.3 is 4.90 Å². The minimum atomic E-state index is 0.218. The number of aryl methyl sites for hydroxylation is 1. The minimum Gasteiger partial charge on any atom is -0.315 e. The minimum absolute atomic E-state index is 0.218. The lowest BCUT2D eigenvalue weighted by molar-refractivity contribution is -0.118. The molecule has 0 aliphatic carbocycles. The van der Waals surface area contributed by atoms with Crippen molar-refractivity contribution in [2.45, 2.75) is 44.4 Å². The zero-order valence-electron chi connectivity index (χ0n) is 11.9. The molecule has 1 aliphatic heterocycles. The van der Waals surface area contributed by atoms with E-state index in [9.17, 15) is 4.79 Å². The highest BCUT2D eigenvalue weighted by atomic mass is 79.9. The third-order valence-electron chi connectivity index (χ3n) is 4.12. The van der Waals surface area contributed by atoms with Crippen LogP contribution in [0.3, 0.4) is 0 Å². The molecule has 0 fully saturated rings. The van der Waals surface area contributed by atoms with Crippen LogP contribution in [0.4, 0.5) is 5.69 Å². The molecule has 2 rings (SSSR count). The van der Waals surface area contributed by atoms with Crippen LogP contribution in [-0.4, -0.2) is 13.0 Å². The van der Waals surface area contributed by atoms with Gasteiger partial charge in [0.2, 0.25) is 5.91 Å². The average Bonchev–Trinajstić information content (AvgIpc) is 2.42. The van der Waals surface area contributed by atoms with Crippen molar-refractivity contribution in [3.8, 4) is 0 Å². The first-order chi connectivity index (χ1) is 9.02. The number of halogens is 1. The number of rotatable bonds is 4. The molecular formula is C16H22BrNO. The van der Waals surface area contributed by atoms with E-state index in [1.54, 1.807) is 4.90 Å². The molecule has 1 amide bonds. The Morgan fingerprint density at radius 2 is 2.11 bits per heavy atom. The molecule has 0 radical (unpaired) electrons. The molecule has 0 aromatic heterocycles. The SMILES string of the molecule is CCC(C)CC(Br)c1ccc2c(c1)CCC(=O)N2C. The number of hydrogen-bond donors (Lipinski definition) is 0. The van der Waals surface area contributed by atoms with Crippen LogP contribution in [0.25, 0.3) is 0 Å². The molecule has 0 bridgehead atoms. The van der Waals surface area contributed by atoms with E-state index in [0.29, 0.717) is 11.2 Å². The Morgan fingerprint density at radius 1 is 1.37 bits per heavy atom. The summed E-state index contributed by atoms with van der Waals surface area (Å²) in [6.45, 7) is 4.52. The van der Waals surface area contributed by atoms with Crippen LogP contribution >= 0.6 is 15.9 Å². The van der Waals surface area contributed by atoms with Crippen molar-refractivity contribution in [2.75, 3.05) is 11.9 Å². The van der Waals surface area contributed by atoms with Crippen LogP contribution < -0.4 is 4.90 Å². The van der Waals surface area contributed by atoms with Gasteiger partial charge in [-0.25, -0.2) is 0 Å². The number of fused-ring (bicyclic) bond motifs is 1. The van der Waals surface area contributed by atoms with Crippen molar-refractivity contribution in [3.63, 3.8) is 0 Å². The van der Waals surface area contributed by atoms with Crippen LogP contribution in [0.1, 0.15) is 49.1 Å². The Morgan fingerprint density at radius 3 is 2.79 bits per heavy atom. The highest BCUT2D eigenvalue weighted by molar-refractivity contribution is 9.09. The first-order valence-electron chi connectivity index (χ1n) is 7.06. The number of hydrogen-bond acceptors (Lipinski definition) is 1.